The standard InChI is InChI=1S/C12H10ClNO2S/c13-11-8-4-5-9-12(11)17(15,16)14-10-6-2-1-3-7-10/h1-9,14H. The fraction of sp³-hybridized carbons (Fsp3) is 0. The summed E-state index contributed by atoms with van der Waals surface area (Å²) in [7, 11) is -3.63. The summed E-state index contributed by atoms with van der Waals surface area (Å²) in [5, 5.41) is 0.205. The third kappa shape index (κ3) is 2.78. The first-order valence-electron chi connectivity index (χ1n) is 4.92. The molecule has 0 atom stereocenters. The highest BCUT2D eigenvalue weighted by atomic mass is 35.5. The highest BCUT2D eigenvalue weighted by Crippen LogP contribution is 2.22. The average molecular weight is 268 g/mol. The van der Waals surface area contributed by atoms with Crippen LogP contribution >= 0.6 is 11.6 Å². The molecule has 0 aliphatic carbocycles. The molecule has 0 saturated carbocycles. The Morgan fingerprint density at radius 3 is 2.12 bits per heavy atom. The minimum absolute atomic E-state index is 0.0746. The summed E-state index contributed by atoms with van der Waals surface area (Å²) in [5.74, 6) is 0. The van der Waals surface area contributed by atoms with Gasteiger partial charge in [-0.25, -0.2) is 8.42 Å². The van der Waals surface area contributed by atoms with Crippen LogP contribution in [0.3, 0.4) is 0 Å². The van der Waals surface area contributed by atoms with E-state index in [1.165, 1.54) is 6.07 Å². The molecule has 0 amide bonds. The van der Waals surface area contributed by atoms with E-state index in [0.29, 0.717) is 5.69 Å². The molecule has 2 rings (SSSR count). The smallest absolute Gasteiger partial charge is 0.263 e. The van der Waals surface area contributed by atoms with Crippen molar-refractivity contribution in [3.63, 3.8) is 0 Å². The lowest BCUT2D eigenvalue weighted by molar-refractivity contribution is 0.601. The summed E-state index contributed by atoms with van der Waals surface area (Å²) in [6.45, 7) is 0. The van der Waals surface area contributed by atoms with Gasteiger partial charge in [-0.15, -0.1) is 0 Å². The van der Waals surface area contributed by atoms with E-state index in [0.717, 1.165) is 0 Å². The van der Waals surface area contributed by atoms with Crippen LogP contribution in [0.25, 0.3) is 0 Å². The molecule has 0 heterocycles. The van der Waals surface area contributed by atoms with Crippen LogP contribution < -0.4 is 4.72 Å². The quantitative estimate of drug-likeness (QED) is 0.929. The molecule has 0 bridgehead atoms. The van der Waals surface area contributed by atoms with Gasteiger partial charge in [0.1, 0.15) is 4.90 Å². The van der Waals surface area contributed by atoms with Gasteiger partial charge < -0.3 is 0 Å². The van der Waals surface area contributed by atoms with Gasteiger partial charge in [0.05, 0.1) is 5.02 Å². The molecule has 0 spiro atoms. The molecule has 88 valence electrons. The molecule has 1 N–H and O–H groups in total. The third-order valence-electron chi connectivity index (χ3n) is 2.15. The first-order valence-corrected chi connectivity index (χ1v) is 6.78. The van der Waals surface area contributed by atoms with E-state index in [2.05, 4.69) is 4.72 Å². The lowest BCUT2D eigenvalue weighted by Crippen LogP contribution is -2.13. The fourth-order valence-corrected chi connectivity index (χ4v) is 2.96. The molecule has 2 aromatic rings. The van der Waals surface area contributed by atoms with Crippen molar-refractivity contribution in [1.82, 2.24) is 0 Å². The molecule has 0 fully saturated rings. The molecule has 0 aliphatic rings. The average Bonchev–Trinajstić information content (AvgIpc) is 2.30. The monoisotopic (exact) mass is 267 g/mol. The summed E-state index contributed by atoms with van der Waals surface area (Å²) in [6, 6.07) is 15.0. The molecule has 0 aromatic heterocycles. The van der Waals surface area contributed by atoms with Gasteiger partial charge in [0.25, 0.3) is 10.0 Å². The lowest BCUT2D eigenvalue weighted by Gasteiger charge is -2.08. The Morgan fingerprint density at radius 1 is 0.882 bits per heavy atom. The second-order valence-electron chi connectivity index (χ2n) is 3.40. The number of halogens is 1. The minimum Gasteiger partial charge on any atom is -0.280 e. The molecule has 3 nitrogen and oxygen atoms in total. The number of hydrogen-bond donors (Lipinski definition) is 1. The van der Waals surface area contributed by atoms with Crippen molar-refractivity contribution >= 4 is 27.3 Å². The Bertz CT molecular complexity index is 611. The maximum Gasteiger partial charge on any atom is 0.263 e. The van der Waals surface area contributed by atoms with Crippen LogP contribution in [0, 0.1) is 0 Å². The number of anilines is 1. The SMILES string of the molecule is O=S(=O)(Nc1ccccc1)c1ccccc1Cl. The Hall–Kier alpha value is -1.52. The van der Waals surface area contributed by atoms with Crippen LogP contribution in [0.15, 0.2) is 59.5 Å². The van der Waals surface area contributed by atoms with Gasteiger partial charge in [0.15, 0.2) is 0 Å². The van der Waals surface area contributed by atoms with Gasteiger partial charge in [-0.3, -0.25) is 4.72 Å². The fourth-order valence-electron chi connectivity index (χ4n) is 1.38. The zero-order chi connectivity index (χ0) is 12.3. The van der Waals surface area contributed by atoms with E-state index in [4.69, 9.17) is 11.6 Å². The van der Waals surface area contributed by atoms with E-state index in [-0.39, 0.29) is 9.92 Å². The van der Waals surface area contributed by atoms with Gasteiger partial charge in [-0.1, -0.05) is 41.9 Å². The maximum atomic E-state index is 12.0. The molecule has 0 aliphatic heterocycles. The van der Waals surface area contributed by atoms with E-state index in [1.807, 2.05) is 6.07 Å². The second kappa shape index (κ2) is 4.77. The maximum absolute atomic E-state index is 12.0. The molecule has 5 heteroatoms. The molecule has 0 unspecified atom stereocenters. The zero-order valence-corrected chi connectivity index (χ0v) is 10.4. The van der Waals surface area contributed by atoms with Gasteiger partial charge >= 0.3 is 0 Å². The Balaban J connectivity index is 2.36. The van der Waals surface area contributed by atoms with E-state index >= 15 is 0 Å². The number of nitrogens with one attached hydrogen (secondary N) is 1. The van der Waals surface area contributed by atoms with Gasteiger partial charge in [0, 0.05) is 5.69 Å². The summed E-state index contributed by atoms with van der Waals surface area (Å²) in [5.41, 5.74) is 0.507. The van der Waals surface area contributed by atoms with Crippen molar-refractivity contribution in [1.29, 1.82) is 0 Å². The number of hydrogen-bond acceptors (Lipinski definition) is 2. The number of sulfonamides is 1. The van der Waals surface area contributed by atoms with Crippen molar-refractivity contribution in [3.05, 3.63) is 59.6 Å². The summed E-state index contributed by atoms with van der Waals surface area (Å²) in [4.78, 5) is 0.0746. The van der Waals surface area contributed by atoms with E-state index < -0.39 is 10.0 Å². The summed E-state index contributed by atoms with van der Waals surface area (Å²) >= 11 is 5.86. The first-order chi connectivity index (χ1) is 8.09. The molecule has 0 radical (unpaired) electrons. The van der Waals surface area contributed by atoms with Crippen LogP contribution in [0.5, 0.6) is 0 Å². The van der Waals surface area contributed by atoms with Gasteiger partial charge in [-0.05, 0) is 24.3 Å². The lowest BCUT2D eigenvalue weighted by atomic mass is 10.3. The minimum atomic E-state index is -3.63. The topological polar surface area (TPSA) is 46.2 Å². The molecule has 0 saturated heterocycles. The first kappa shape index (κ1) is 12.0. The van der Waals surface area contributed by atoms with Crippen LogP contribution in [0.2, 0.25) is 5.02 Å². The van der Waals surface area contributed by atoms with Crippen LogP contribution in [0.1, 0.15) is 0 Å². The molecular formula is C12H10ClNO2S. The van der Waals surface area contributed by atoms with Crippen LogP contribution in [-0.2, 0) is 10.0 Å². The van der Waals surface area contributed by atoms with Crippen molar-refractivity contribution in [2.75, 3.05) is 4.72 Å². The third-order valence-corrected chi connectivity index (χ3v) is 4.03. The number of benzene rings is 2. The highest BCUT2D eigenvalue weighted by molar-refractivity contribution is 7.92. The Morgan fingerprint density at radius 2 is 1.47 bits per heavy atom. The van der Waals surface area contributed by atoms with Gasteiger partial charge in [0.2, 0.25) is 0 Å². The molecule has 17 heavy (non-hydrogen) atoms. The van der Waals surface area contributed by atoms with Crippen LogP contribution in [-0.4, -0.2) is 8.42 Å². The number of rotatable bonds is 3. The van der Waals surface area contributed by atoms with Crippen molar-refractivity contribution in [2.24, 2.45) is 0 Å². The normalized spacial score (nSPS) is 11.1. The predicted molar refractivity (Wildman–Crippen MR) is 68.7 cm³/mol. The zero-order valence-electron chi connectivity index (χ0n) is 8.80. The predicted octanol–water partition coefficient (Wildman–Crippen LogP) is 3.14. The Kier molecular flexibility index (Phi) is 3.36. The Labute approximate surface area is 105 Å². The van der Waals surface area contributed by atoms with Crippen molar-refractivity contribution < 1.29 is 8.42 Å². The van der Waals surface area contributed by atoms with Crippen molar-refractivity contribution in [2.45, 2.75) is 4.90 Å². The number of para-hydroxylation sites is 1. The summed E-state index contributed by atoms with van der Waals surface area (Å²) < 4.78 is 26.5. The molecular weight excluding hydrogens is 258 g/mol. The van der Waals surface area contributed by atoms with E-state index in [9.17, 15) is 8.42 Å². The second-order valence-corrected chi connectivity index (χ2v) is 5.46. The largest absolute Gasteiger partial charge is 0.280 e. The highest BCUT2D eigenvalue weighted by Gasteiger charge is 2.16. The molecule has 2 aromatic carbocycles. The summed E-state index contributed by atoms with van der Waals surface area (Å²) in [6.07, 6.45) is 0. The van der Waals surface area contributed by atoms with Crippen molar-refractivity contribution in [3.8, 4) is 0 Å². The van der Waals surface area contributed by atoms with Crippen LogP contribution in [0.4, 0.5) is 5.69 Å². The van der Waals surface area contributed by atoms with E-state index in [1.54, 1.807) is 42.5 Å². The van der Waals surface area contributed by atoms with Gasteiger partial charge in [-0.2, -0.15) is 0 Å².